The Labute approximate surface area is 117 Å². The normalized spacial score (nSPS) is 20.7. The molecule has 0 spiro atoms. The summed E-state index contributed by atoms with van der Waals surface area (Å²) in [5.74, 6) is -0.764. The SMILES string of the molecule is CCC1CN(c2nc(CCC(=O)O)cs2)CCN1C. The minimum atomic E-state index is -0.764. The molecule has 1 aliphatic rings. The van der Waals surface area contributed by atoms with Crippen LogP contribution >= 0.6 is 11.3 Å². The van der Waals surface area contributed by atoms with E-state index in [1.165, 1.54) is 0 Å². The van der Waals surface area contributed by atoms with Gasteiger partial charge in [0.2, 0.25) is 0 Å². The number of carboxylic acids is 1. The lowest BCUT2D eigenvalue weighted by molar-refractivity contribution is -0.136. The second-order valence-electron chi connectivity index (χ2n) is 5.00. The van der Waals surface area contributed by atoms with Gasteiger partial charge in [0.05, 0.1) is 12.1 Å². The number of piperazine rings is 1. The maximum atomic E-state index is 10.6. The van der Waals surface area contributed by atoms with E-state index in [1.807, 2.05) is 5.38 Å². The van der Waals surface area contributed by atoms with Crippen LogP contribution < -0.4 is 4.90 Å². The van der Waals surface area contributed by atoms with E-state index in [1.54, 1.807) is 11.3 Å². The van der Waals surface area contributed by atoms with E-state index in [-0.39, 0.29) is 6.42 Å². The number of carbonyl (C=O) groups is 1. The van der Waals surface area contributed by atoms with Crippen LogP contribution in [0.25, 0.3) is 0 Å². The lowest BCUT2D eigenvalue weighted by Gasteiger charge is -2.39. The minimum Gasteiger partial charge on any atom is -0.481 e. The Balaban J connectivity index is 1.96. The van der Waals surface area contributed by atoms with Gasteiger partial charge < -0.3 is 10.0 Å². The lowest BCUT2D eigenvalue weighted by atomic mass is 10.1. The Kier molecular flexibility index (Phi) is 4.76. The van der Waals surface area contributed by atoms with E-state index < -0.39 is 5.97 Å². The van der Waals surface area contributed by atoms with Crippen molar-refractivity contribution in [2.24, 2.45) is 0 Å². The smallest absolute Gasteiger partial charge is 0.303 e. The minimum absolute atomic E-state index is 0.156. The molecule has 1 aromatic rings. The van der Waals surface area contributed by atoms with Crippen molar-refractivity contribution in [3.63, 3.8) is 0 Å². The average molecular weight is 283 g/mol. The first-order valence-corrected chi connectivity index (χ1v) is 7.59. The molecule has 106 valence electrons. The third kappa shape index (κ3) is 3.67. The predicted octanol–water partition coefficient (Wildman–Crippen LogP) is 1.69. The molecule has 5 nitrogen and oxygen atoms in total. The van der Waals surface area contributed by atoms with E-state index in [0.717, 1.165) is 36.9 Å². The number of likely N-dealkylation sites (N-methyl/N-ethyl adjacent to an activating group) is 1. The summed E-state index contributed by atoms with van der Waals surface area (Å²) < 4.78 is 0. The molecule has 1 atom stereocenters. The molecular formula is C13H21N3O2S. The highest BCUT2D eigenvalue weighted by Gasteiger charge is 2.24. The van der Waals surface area contributed by atoms with Crippen molar-refractivity contribution in [1.82, 2.24) is 9.88 Å². The van der Waals surface area contributed by atoms with Crippen LogP contribution in [-0.2, 0) is 11.2 Å². The van der Waals surface area contributed by atoms with E-state index in [2.05, 4.69) is 28.8 Å². The van der Waals surface area contributed by atoms with Gasteiger partial charge in [-0.2, -0.15) is 0 Å². The summed E-state index contributed by atoms with van der Waals surface area (Å²) in [6, 6.07) is 0.583. The second-order valence-corrected chi connectivity index (χ2v) is 5.84. The van der Waals surface area contributed by atoms with Gasteiger partial charge in [-0.15, -0.1) is 11.3 Å². The van der Waals surface area contributed by atoms with Gasteiger partial charge in [-0.1, -0.05) is 6.92 Å². The van der Waals surface area contributed by atoms with Crippen molar-refractivity contribution >= 4 is 22.4 Å². The Bertz CT molecular complexity index is 435. The van der Waals surface area contributed by atoms with Gasteiger partial charge in [0.25, 0.3) is 0 Å². The molecule has 0 aromatic carbocycles. The molecule has 0 saturated carbocycles. The number of anilines is 1. The number of aromatic nitrogens is 1. The Morgan fingerprint density at radius 1 is 1.58 bits per heavy atom. The molecule has 1 fully saturated rings. The van der Waals surface area contributed by atoms with Crippen LogP contribution in [0.15, 0.2) is 5.38 Å². The summed E-state index contributed by atoms with van der Waals surface area (Å²) >= 11 is 1.62. The van der Waals surface area contributed by atoms with Crippen molar-refractivity contribution in [3.8, 4) is 0 Å². The summed E-state index contributed by atoms with van der Waals surface area (Å²) in [5, 5.41) is 11.7. The summed E-state index contributed by atoms with van der Waals surface area (Å²) in [4.78, 5) is 19.8. The first-order chi connectivity index (χ1) is 9.10. The number of aryl methyl sites for hydroxylation is 1. The maximum Gasteiger partial charge on any atom is 0.303 e. The lowest BCUT2D eigenvalue weighted by Crippen LogP contribution is -2.51. The molecule has 1 saturated heterocycles. The Morgan fingerprint density at radius 2 is 2.37 bits per heavy atom. The fourth-order valence-corrected chi connectivity index (χ4v) is 3.25. The third-order valence-corrected chi connectivity index (χ3v) is 4.60. The van der Waals surface area contributed by atoms with Crippen LogP contribution in [0.5, 0.6) is 0 Å². The van der Waals surface area contributed by atoms with Gasteiger partial charge in [-0.25, -0.2) is 4.98 Å². The quantitative estimate of drug-likeness (QED) is 0.891. The molecule has 6 heteroatoms. The van der Waals surface area contributed by atoms with E-state index in [9.17, 15) is 4.79 Å². The highest BCUT2D eigenvalue weighted by molar-refractivity contribution is 7.13. The monoisotopic (exact) mass is 283 g/mol. The largest absolute Gasteiger partial charge is 0.481 e. The zero-order valence-corrected chi connectivity index (χ0v) is 12.3. The number of hydrogen-bond donors (Lipinski definition) is 1. The number of carboxylic acid groups (broad SMARTS) is 1. The van der Waals surface area contributed by atoms with Crippen molar-refractivity contribution in [3.05, 3.63) is 11.1 Å². The number of thiazole rings is 1. The molecule has 0 amide bonds. The van der Waals surface area contributed by atoms with Crippen molar-refractivity contribution in [2.75, 3.05) is 31.6 Å². The topological polar surface area (TPSA) is 56.7 Å². The fourth-order valence-electron chi connectivity index (χ4n) is 2.35. The fraction of sp³-hybridized carbons (Fsp3) is 0.692. The Hall–Kier alpha value is -1.14. The highest BCUT2D eigenvalue weighted by atomic mass is 32.1. The summed E-state index contributed by atoms with van der Waals surface area (Å²) in [5.41, 5.74) is 0.898. The van der Waals surface area contributed by atoms with Gasteiger partial charge in [-0.3, -0.25) is 9.69 Å². The van der Waals surface area contributed by atoms with Gasteiger partial charge in [-0.05, 0) is 13.5 Å². The molecular weight excluding hydrogens is 262 g/mol. The number of nitrogens with zero attached hydrogens (tertiary/aromatic N) is 3. The van der Waals surface area contributed by atoms with Crippen LogP contribution in [-0.4, -0.2) is 53.7 Å². The summed E-state index contributed by atoms with van der Waals surface area (Å²) in [6.07, 6.45) is 1.82. The van der Waals surface area contributed by atoms with Crippen LogP contribution in [0.1, 0.15) is 25.5 Å². The van der Waals surface area contributed by atoms with E-state index in [4.69, 9.17) is 5.11 Å². The predicted molar refractivity (Wildman–Crippen MR) is 77.0 cm³/mol. The first-order valence-electron chi connectivity index (χ1n) is 6.71. The van der Waals surface area contributed by atoms with E-state index in [0.29, 0.717) is 12.5 Å². The zero-order valence-electron chi connectivity index (χ0n) is 11.5. The molecule has 1 N–H and O–H groups in total. The summed E-state index contributed by atoms with van der Waals surface area (Å²) in [7, 11) is 2.17. The van der Waals surface area contributed by atoms with E-state index >= 15 is 0 Å². The van der Waals surface area contributed by atoms with Gasteiger partial charge in [0, 0.05) is 37.5 Å². The molecule has 1 aromatic heterocycles. The van der Waals surface area contributed by atoms with Crippen LogP contribution in [0.2, 0.25) is 0 Å². The maximum absolute atomic E-state index is 10.6. The summed E-state index contributed by atoms with van der Waals surface area (Å²) in [6.45, 7) is 5.28. The van der Waals surface area contributed by atoms with Crippen LogP contribution in [0, 0.1) is 0 Å². The molecule has 0 bridgehead atoms. The molecule has 2 rings (SSSR count). The molecule has 0 radical (unpaired) electrons. The molecule has 1 unspecified atom stereocenters. The molecule has 0 aliphatic carbocycles. The average Bonchev–Trinajstić information content (AvgIpc) is 2.86. The van der Waals surface area contributed by atoms with Gasteiger partial charge >= 0.3 is 5.97 Å². The number of hydrogen-bond acceptors (Lipinski definition) is 5. The second kappa shape index (κ2) is 6.34. The van der Waals surface area contributed by atoms with Crippen molar-refractivity contribution < 1.29 is 9.90 Å². The van der Waals surface area contributed by atoms with Crippen molar-refractivity contribution in [2.45, 2.75) is 32.2 Å². The number of aliphatic carboxylic acids is 1. The first kappa shape index (κ1) is 14.3. The van der Waals surface area contributed by atoms with Crippen LogP contribution in [0.3, 0.4) is 0 Å². The molecule has 19 heavy (non-hydrogen) atoms. The highest BCUT2D eigenvalue weighted by Crippen LogP contribution is 2.24. The van der Waals surface area contributed by atoms with Gasteiger partial charge in [0.15, 0.2) is 5.13 Å². The zero-order chi connectivity index (χ0) is 13.8. The standard InChI is InChI=1S/C13H21N3O2S/c1-3-11-8-16(7-6-15(11)2)13-14-10(9-19-13)4-5-12(17)18/h9,11H,3-8H2,1-2H3,(H,17,18). The van der Waals surface area contributed by atoms with Crippen molar-refractivity contribution in [1.29, 1.82) is 0 Å². The molecule has 1 aliphatic heterocycles. The Morgan fingerprint density at radius 3 is 3.05 bits per heavy atom. The van der Waals surface area contributed by atoms with Gasteiger partial charge in [0.1, 0.15) is 0 Å². The van der Waals surface area contributed by atoms with Crippen LogP contribution in [0.4, 0.5) is 5.13 Å². The third-order valence-electron chi connectivity index (χ3n) is 3.65. The number of rotatable bonds is 5. The molecule has 2 heterocycles.